The van der Waals surface area contributed by atoms with Crippen LogP contribution >= 0.6 is 22.7 Å². The molecule has 0 aliphatic carbocycles. The van der Waals surface area contributed by atoms with Crippen LogP contribution in [0.3, 0.4) is 0 Å². The Kier molecular flexibility index (Phi) is 2.53. The van der Waals surface area contributed by atoms with Crippen molar-refractivity contribution in [1.29, 1.82) is 5.26 Å². The third-order valence-electron chi connectivity index (χ3n) is 1.71. The molecule has 0 saturated heterocycles. The van der Waals surface area contributed by atoms with Crippen molar-refractivity contribution in [1.82, 2.24) is 0 Å². The highest BCUT2D eigenvalue weighted by molar-refractivity contribution is 7.23. The van der Waals surface area contributed by atoms with E-state index in [0.29, 0.717) is 5.06 Å². The van der Waals surface area contributed by atoms with E-state index in [-0.39, 0.29) is 0 Å². The molecule has 4 heteroatoms. The fraction of sp³-hybridized carbons (Fsp3) is 0.100. The molecule has 0 saturated carbocycles. The molecule has 70 valence electrons. The summed E-state index contributed by atoms with van der Waals surface area (Å²) >= 11 is 3.23. The molecule has 0 amide bonds. The third kappa shape index (κ3) is 1.79. The fourth-order valence-corrected chi connectivity index (χ4v) is 2.89. The Morgan fingerprint density at radius 3 is 2.50 bits per heavy atom. The van der Waals surface area contributed by atoms with Crippen LogP contribution in [-0.4, -0.2) is 0 Å². The molecule has 0 aliphatic heterocycles. The second kappa shape index (κ2) is 3.82. The zero-order valence-electron chi connectivity index (χ0n) is 7.48. The molecule has 0 atom stereocenters. The lowest BCUT2D eigenvalue weighted by Crippen LogP contribution is -1.72. The van der Waals surface area contributed by atoms with E-state index >= 15 is 0 Å². The Bertz CT molecular complexity index is 478. The van der Waals surface area contributed by atoms with Crippen molar-refractivity contribution in [2.75, 3.05) is 0 Å². The van der Waals surface area contributed by atoms with Gasteiger partial charge in [0.2, 0.25) is 0 Å². The van der Waals surface area contributed by atoms with E-state index in [1.807, 2.05) is 12.1 Å². The summed E-state index contributed by atoms with van der Waals surface area (Å²) in [6.07, 6.45) is 1.67. The Hall–Kier alpha value is -1.31. The second-order valence-electron chi connectivity index (χ2n) is 2.72. The summed E-state index contributed by atoms with van der Waals surface area (Å²) in [6.45, 7) is 2.08. The van der Waals surface area contributed by atoms with Gasteiger partial charge in [-0.25, -0.2) is 0 Å². The monoisotopic (exact) mass is 221 g/mol. The third-order valence-corrected chi connectivity index (χ3v) is 3.87. The van der Waals surface area contributed by atoms with E-state index in [2.05, 4.69) is 19.1 Å². The molecule has 0 aliphatic rings. The van der Waals surface area contributed by atoms with Crippen LogP contribution in [0, 0.1) is 18.4 Å². The Morgan fingerprint density at radius 2 is 1.86 bits per heavy atom. The topological polar surface area (TPSA) is 33.0 Å². The standard InChI is InChI=1S/C10H7NOS2/c1-7-2-3-8(13-7)9-4-5-10(14-9)12-6-11/h2-5H,1H3. The quantitative estimate of drug-likeness (QED) is 0.725. The number of rotatable bonds is 2. The summed E-state index contributed by atoms with van der Waals surface area (Å²) in [5.41, 5.74) is 0. The van der Waals surface area contributed by atoms with Crippen molar-refractivity contribution in [3.8, 4) is 21.1 Å². The molecular weight excluding hydrogens is 214 g/mol. The highest BCUT2D eigenvalue weighted by atomic mass is 32.1. The minimum atomic E-state index is 0.647. The number of nitriles is 1. The summed E-state index contributed by atoms with van der Waals surface area (Å²) in [6, 6.07) is 7.97. The van der Waals surface area contributed by atoms with Gasteiger partial charge in [0.1, 0.15) is 0 Å². The molecule has 0 aromatic carbocycles. The van der Waals surface area contributed by atoms with Gasteiger partial charge in [0.25, 0.3) is 6.26 Å². The first-order chi connectivity index (χ1) is 6.79. The van der Waals surface area contributed by atoms with Gasteiger partial charge >= 0.3 is 0 Å². The van der Waals surface area contributed by atoms with Crippen LogP contribution in [-0.2, 0) is 0 Å². The maximum atomic E-state index is 8.34. The zero-order valence-corrected chi connectivity index (χ0v) is 9.11. The van der Waals surface area contributed by atoms with Crippen molar-refractivity contribution in [3.63, 3.8) is 0 Å². The van der Waals surface area contributed by atoms with Crippen molar-refractivity contribution < 1.29 is 4.74 Å². The van der Waals surface area contributed by atoms with Gasteiger partial charge in [-0.15, -0.1) is 16.6 Å². The summed E-state index contributed by atoms with van der Waals surface area (Å²) < 4.78 is 4.74. The molecule has 2 nitrogen and oxygen atoms in total. The van der Waals surface area contributed by atoms with Gasteiger partial charge < -0.3 is 4.74 Å². The largest absolute Gasteiger partial charge is 0.377 e. The molecular formula is C10H7NOS2. The molecule has 2 heterocycles. The number of aryl methyl sites for hydroxylation is 1. The molecule has 0 fully saturated rings. The van der Waals surface area contributed by atoms with Gasteiger partial charge in [-0.3, -0.25) is 0 Å². The average molecular weight is 221 g/mol. The first kappa shape index (κ1) is 9.25. The smallest absolute Gasteiger partial charge is 0.293 e. The molecule has 2 aromatic heterocycles. The van der Waals surface area contributed by atoms with Crippen LogP contribution in [0.5, 0.6) is 5.06 Å². The molecule has 0 spiro atoms. The number of ether oxygens (including phenoxy) is 1. The molecule has 0 bridgehead atoms. The highest BCUT2D eigenvalue weighted by Crippen LogP contribution is 2.36. The van der Waals surface area contributed by atoms with E-state index in [1.54, 1.807) is 17.6 Å². The van der Waals surface area contributed by atoms with Crippen molar-refractivity contribution in [2.45, 2.75) is 6.92 Å². The Morgan fingerprint density at radius 1 is 1.14 bits per heavy atom. The molecule has 0 radical (unpaired) electrons. The molecule has 2 rings (SSSR count). The van der Waals surface area contributed by atoms with Crippen molar-refractivity contribution in [2.24, 2.45) is 0 Å². The van der Waals surface area contributed by atoms with Gasteiger partial charge in [-0.05, 0) is 31.2 Å². The van der Waals surface area contributed by atoms with Crippen LogP contribution < -0.4 is 4.74 Å². The second-order valence-corrected chi connectivity index (χ2v) is 5.06. The van der Waals surface area contributed by atoms with Crippen molar-refractivity contribution >= 4 is 22.7 Å². The number of thiophene rings is 2. The van der Waals surface area contributed by atoms with Gasteiger partial charge in [-0.1, -0.05) is 11.3 Å². The predicted octanol–water partition coefficient (Wildman–Crippen LogP) is 3.64. The van der Waals surface area contributed by atoms with E-state index in [4.69, 9.17) is 10.00 Å². The maximum Gasteiger partial charge on any atom is 0.293 e. The van der Waals surface area contributed by atoms with E-state index in [1.165, 1.54) is 21.1 Å². The highest BCUT2D eigenvalue weighted by Gasteiger charge is 2.05. The van der Waals surface area contributed by atoms with Gasteiger partial charge in [0, 0.05) is 14.6 Å². The fourth-order valence-electron chi connectivity index (χ4n) is 1.12. The Labute approximate surface area is 90.0 Å². The van der Waals surface area contributed by atoms with Gasteiger partial charge in [0.15, 0.2) is 5.06 Å². The van der Waals surface area contributed by atoms with E-state index < -0.39 is 0 Å². The minimum Gasteiger partial charge on any atom is -0.377 e. The average Bonchev–Trinajstić information content (AvgIpc) is 2.74. The lowest BCUT2D eigenvalue weighted by atomic mass is 10.4. The summed E-state index contributed by atoms with van der Waals surface area (Å²) in [4.78, 5) is 3.66. The number of nitrogens with zero attached hydrogens (tertiary/aromatic N) is 1. The normalized spacial score (nSPS) is 9.71. The van der Waals surface area contributed by atoms with Crippen LogP contribution in [0.2, 0.25) is 0 Å². The van der Waals surface area contributed by atoms with Crippen LogP contribution in [0.15, 0.2) is 24.3 Å². The number of hydrogen-bond donors (Lipinski definition) is 0. The predicted molar refractivity (Wildman–Crippen MR) is 58.6 cm³/mol. The molecule has 2 aromatic rings. The first-order valence-corrected chi connectivity index (χ1v) is 5.65. The summed E-state index contributed by atoms with van der Waals surface area (Å²) in [5.74, 6) is 0. The molecule has 14 heavy (non-hydrogen) atoms. The van der Waals surface area contributed by atoms with Crippen molar-refractivity contribution in [3.05, 3.63) is 29.1 Å². The first-order valence-electron chi connectivity index (χ1n) is 4.02. The lowest BCUT2D eigenvalue weighted by molar-refractivity contribution is 0.522. The maximum absolute atomic E-state index is 8.34. The molecule has 0 N–H and O–H groups in total. The van der Waals surface area contributed by atoms with E-state index in [9.17, 15) is 0 Å². The molecule has 0 unspecified atom stereocenters. The van der Waals surface area contributed by atoms with E-state index in [0.717, 1.165) is 4.88 Å². The zero-order chi connectivity index (χ0) is 9.97. The Balaban J connectivity index is 2.30. The SMILES string of the molecule is Cc1ccc(-c2ccc(OC#N)s2)s1. The summed E-state index contributed by atoms with van der Waals surface area (Å²) in [7, 11) is 0. The lowest BCUT2D eigenvalue weighted by Gasteiger charge is -1.88. The van der Waals surface area contributed by atoms with Crippen LogP contribution in [0.4, 0.5) is 0 Å². The van der Waals surface area contributed by atoms with Crippen LogP contribution in [0.25, 0.3) is 9.75 Å². The van der Waals surface area contributed by atoms with Crippen LogP contribution in [0.1, 0.15) is 4.88 Å². The van der Waals surface area contributed by atoms with Gasteiger partial charge in [0.05, 0.1) is 0 Å². The minimum absolute atomic E-state index is 0.647. The summed E-state index contributed by atoms with van der Waals surface area (Å²) in [5, 5.41) is 8.99. The van der Waals surface area contributed by atoms with Gasteiger partial charge in [-0.2, -0.15) is 0 Å². The number of hydrogen-bond acceptors (Lipinski definition) is 4.